The first kappa shape index (κ1) is 41.5. The Morgan fingerprint density at radius 2 is 0.833 bits per heavy atom. The van der Waals surface area contributed by atoms with Crippen molar-refractivity contribution in [1.82, 2.24) is 0 Å². The lowest BCUT2D eigenvalue weighted by atomic mass is 10.1. The van der Waals surface area contributed by atoms with Gasteiger partial charge in [-0.1, -0.05) is 32.4 Å². The van der Waals surface area contributed by atoms with Crippen LogP contribution in [0.15, 0.2) is 62.8 Å². The predicted octanol–water partition coefficient (Wildman–Crippen LogP) is 7.03. The molecule has 48 heavy (non-hydrogen) atoms. The Hall–Kier alpha value is -4.54. The lowest BCUT2D eigenvalue weighted by molar-refractivity contribution is -0.138. The van der Waals surface area contributed by atoms with Crippen molar-refractivity contribution in [1.29, 1.82) is 0 Å². The van der Waals surface area contributed by atoms with Crippen LogP contribution in [0.4, 0.5) is 0 Å². The van der Waals surface area contributed by atoms with Gasteiger partial charge in [0.1, 0.15) is 6.61 Å². The summed E-state index contributed by atoms with van der Waals surface area (Å²) in [6.07, 6.45) is 14.4. The van der Waals surface area contributed by atoms with E-state index in [-0.39, 0.29) is 12.2 Å². The van der Waals surface area contributed by atoms with Gasteiger partial charge in [0.15, 0.2) is 11.5 Å². The van der Waals surface area contributed by atoms with Crippen LogP contribution in [0.2, 0.25) is 0 Å². The number of rotatable bonds is 30. The SMILES string of the molecule is C=CCOC(=O)c1cc(OCCCCCCOC(=O)C=C)c(OCCCCCCOC(=O)C=C)c(OCCCCCCOC(=O)C=C)c1. The number of unbranched alkanes of at least 4 members (excludes halogenated alkanes) is 9. The third-order valence-corrected chi connectivity index (χ3v) is 6.70. The van der Waals surface area contributed by atoms with Crippen molar-refractivity contribution >= 4 is 23.9 Å². The van der Waals surface area contributed by atoms with Crippen LogP contribution in [0, 0.1) is 0 Å². The average Bonchev–Trinajstić information content (AvgIpc) is 3.10. The maximum atomic E-state index is 12.8. The van der Waals surface area contributed by atoms with E-state index in [4.69, 9.17) is 33.2 Å². The van der Waals surface area contributed by atoms with E-state index in [1.807, 2.05) is 0 Å². The van der Waals surface area contributed by atoms with Gasteiger partial charge in [0.25, 0.3) is 0 Å². The van der Waals surface area contributed by atoms with Gasteiger partial charge in [-0.3, -0.25) is 0 Å². The Balaban J connectivity index is 2.89. The monoisotopic (exact) mass is 672 g/mol. The summed E-state index contributed by atoms with van der Waals surface area (Å²) in [7, 11) is 0. The van der Waals surface area contributed by atoms with Crippen LogP contribution in [0.3, 0.4) is 0 Å². The molecule has 0 bridgehead atoms. The number of carbonyl (C=O) groups is 4. The van der Waals surface area contributed by atoms with Gasteiger partial charge < -0.3 is 33.2 Å². The first-order valence-corrected chi connectivity index (χ1v) is 16.6. The number of benzene rings is 1. The van der Waals surface area contributed by atoms with Crippen molar-refractivity contribution in [2.75, 3.05) is 46.2 Å². The summed E-state index contributed by atoms with van der Waals surface area (Å²) in [4.78, 5) is 46.4. The molecule has 266 valence electrons. The summed E-state index contributed by atoms with van der Waals surface area (Å²) in [5, 5.41) is 0. The molecule has 1 rings (SSSR count). The van der Waals surface area contributed by atoms with E-state index < -0.39 is 23.9 Å². The molecule has 0 spiro atoms. The fourth-order valence-electron chi connectivity index (χ4n) is 4.18. The molecule has 0 atom stereocenters. The molecule has 0 heterocycles. The van der Waals surface area contributed by atoms with E-state index >= 15 is 0 Å². The second-order valence-electron chi connectivity index (χ2n) is 10.6. The molecule has 0 saturated carbocycles. The van der Waals surface area contributed by atoms with Crippen LogP contribution >= 0.6 is 0 Å². The molecular formula is C37H52O11. The Bertz CT molecular complexity index is 1100. The standard InChI is InChI=1S/C37H52O11/c1-5-21-48-37(41)30-28-31(42-22-15-9-11-17-24-44-33(38)6-2)36(47-27-20-14-13-19-26-46-35(40)8-4)32(29-30)43-23-16-10-12-18-25-45-34(39)7-3/h5-8,28-29H,1-4,9-27H2. The van der Waals surface area contributed by atoms with Crippen LogP contribution in [-0.4, -0.2) is 70.1 Å². The average molecular weight is 673 g/mol. The number of hydrogen-bond acceptors (Lipinski definition) is 11. The zero-order valence-corrected chi connectivity index (χ0v) is 28.2. The van der Waals surface area contributed by atoms with Gasteiger partial charge in [-0.25, -0.2) is 19.2 Å². The van der Waals surface area contributed by atoms with E-state index in [2.05, 4.69) is 26.3 Å². The highest BCUT2D eigenvalue weighted by Crippen LogP contribution is 2.40. The highest BCUT2D eigenvalue weighted by molar-refractivity contribution is 5.91. The Morgan fingerprint density at radius 3 is 1.19 bits per heavy atom. The molecule has 11 heteroatoms. The predicted molar refractivity (Wildman–Crippen MR) is 182 cm³/mol. The van der Waals surface area contributed by atoms with Crippen LogP contribution in [-0.2, 0) is 33.3 Å². The first-order valence-electron chi connectivity index (χ1n) is 16.6. The van der Waals surface area contributed by atoms with Crippen molar-refractivity contribution in [3.63, 3.8) is 0 Å². The highest BCUT2D eigenvalue weighted by atomic mass is 16.6. The Kier molecular flexibility index (Phi) is 23.8. The second-order valence-corrected chi connectivity index (χ2v) is 10.6. The molecule has 0 saturated heterocycles. The van der Waals surface area contributed by atoms with Crippen molar-refractivity contribution in [2.24, 2.45) is 0 Å². The normalized spacial score (nSPS) is 10.2. The minimum absolute atomic E-state index is 0.0560. The molecule has 0 aliphatic carbocycles. The summed E-state index contributed by atoms with van der Waals surface area (Å²) in [5.74, 6) is -0.693. The van der Waals surface area contributed by atoms with E-state index in [1.54, 1.807) is 12.1 Å². The molecule has 0 radical (unpaired) electrons. The van der Waals surface area contributed by atoms with Crippen molar-refractivity contribution in [3.05, 3.63) is 68.3 Å². The molecule has 0 unspecified atom stereocenters. The van der Waals surface area contributed by atoms with Crippen LogP contribution < -0.4 is 14.2 Å². The lowest BCUT2D eigenvalue weighted by Crippen LogP contribution is -2.10. The van der Waals surface area contributed by atoms with Gasteiger partial charge >= 0.3 is 23.9 Å². The molecule has 0 aromatic heterocycles. The molecule has 0 fully saturated rings. The number of carbonyl (C=O) groups excluding carboxylic acids is 4. The molecule has 1 aromatic carbocycles. The van der Waals surface area contributed by atoms with Gasteiger partial charge in [0, 0.05) is 18.2 Å². The molecule has 0 aliphatic heterocycles. The number of ether oxygens (including phenoxy) is 7. The molecule has 11 nitrogen and oxygen atoms in total. The minimum atomic E-state index is -0.545. The number of hydrogen-bond donors (Lipinski definition) is 0. The lowest BCUT2D eigenvalue weighted by Gasteiger charge is -2.19. The summed E-state index contributed by atoms with van der Waals surface area (Å²) in [6.45, 7) is 15.9. The maximum absolute atomic E-state index is 12.8. The molecule has 0 amide bonds. The van der Waals surface area contributed by atoms with E-state index in [0.717, 1.165) is 95.3 Å². The summed E-state index contributed by atoms with van der Waals surface area (Å²) < 4.78 is 38.8. The van der Waals surface area contributed by atoms with E-state index in [1.165, 1.54) is 6.08 Å². The minimum Gasteiger partial charge on any atom is -0.490 e. The molecular weight excluding hydrogens is 620 g/mol. The summed E-state index contributed by atoms with van der Waals surface area (Å²) >= 11 is 0. The quantitative estimate of drug-likeness (QED) is 0.0274. The highest BCUT2D eigenvalue weighted by Gasteiger charge is 2.20. The van der Waals surface area contributed by atoms with Gasteiger partial charge in [-0.2, -0.15) is 0 Å². The fourth-order valence-corrected chi connectivity index (χ4v) is 4.18. The zero-order valence-electron chi connectivity index (χ0n) is 28.2. The van der Waals surface area contributed by atoms with Crippen molar-refractivity contribution in [2.45, 2.75) is 77.0 Å². The number of esters is 4. The zero-order chi connectivity index (χ0) is 35.2. The van der Waals surface area contributed by atoms with Gasteiger partial charge in [0.05, 0.1) is 45.2 Å². The van der Waals surface area contributed by atoms with Gasteiger partial charge in [0.2, 0.25) is 5.75 Å². The summed E-state index contributed by atoms with van der Waals surface area (Å²) in [6, 6.07) is 3.20. The van der Waals surface area contributed by atoms with Gasteiger partial charge in [-0.15, -0.1) is 0 Å². The molecule has 0 aliphatic rings. The first-order chi connectivity index (χ1) is 23.4. The smallest absolute Gasteiger partial charge is 0.338 e. The molecule has 1 aromatic rings. The third kappa shape index (κ3) is 19.9. The van der Waals surface area contributed by atoms with Crippen LogP contribution in [0.1, 0.15) is 87.4 Å². The van der Waals surface area contributed by atoms with E-state index in [9.17, 15) is 19.2 Å². The summed E-state index contributed by atoms with van der Waals surface area (Å²) in [5.41, 5.74) is 0.261. The van der Waals surface area contributed by atoms with Crippen molar-refractivity contribution in [3.8, 4) is 17.2 Å². The van der Waals surface area contributed by atoms with Crippen molar-refractivity contribution < 1.29 is 52.3 Å². The topological polar surface area (TPSA) is 133 Å². The third-order valence-electron chi connectivity index (χ3n) is 6.70. The van der Waals surface area contributed by atoms with Crippen LogP contribution in [0.5, 0.6) is 17.2 Å². The van der Waals surface area contributed by atoms with E-state index in [0.29, 0.717) is 56.9 Å². The fraction of sp³-hybridized carbons (Fsp3) is 0.514. The largest absolute Gasteiger partial charge is 0.490 e. The Morgan fingerprint density at radius 1 is 0.479 bits per heavy atom. The molecule has 0 N–H and O–H groups in total. The second kappa shape index (κ2) is 27.6. The Labute approximate surface area is 284 Å². The maximum Gasteiger partial charge on any atom is 0.338 e. The van der Waals surface area contributed by atoms with Gasteiger partial charge in [-0.05, 0) is 89.2 Å². The van der Waals surface area contributed by atoms with Crippen LogP contribution in [0.25, 0.3) is 0 Å².